The fourth-order valence-corrected chi connectivity index (χ4v) is 3.57. The summed E-state index contributed by atoms with van der Waals surface area (Å²) in [6.45, 7) is 4.74. The van der Waals surface area contributed by atoms with Crippen LogP contribution in [0.5, 0.6) is 0 Å². The van der Waals surface area contributed by atoms with Crippen LogP contribution in [0.3, 0.4) is 0 Å². The SMILES string of the molecule is CCCO[C@@H]1CCCN(c2cc(C(=O)NC3CC3)c3ccccc3n2)C1. The second kappa shape index (κ2) is 7.62. The highest BCUT2D eigenvalue weighted by atomic mass is 16.5. The molecule has 26 heavy (non-hydrogen) atoms. The number of nitrogens with zero attached hydrogens (tertiary/aromatic N) is 2. The summed E-state index contributed by atoms with van der Waals surface area (Å²) in [4.78, 5) is 19.9. The molecule has 1 atom stereocenters. The fraction of sp³-hybridized carbons (Fsp3) is 0.524. The molecule has 0 unspecified atom stereocenters. The summed E-state index contributed by atoms with van der Waals surface area (Å²) in [6, 6.07) is 10.2. The summed E-state index contributed by atoms with van der Waals surface area (Å²) in [7, 11) is 0. The van der Waals surface area contributed by atoms with E-state index in [0.29, 0.717) is 6.04 Å². The number of fused-ring (bicyclic) bond motifs is 1. The molecule has 1 aromatic carbocycles. The summed E-state index contributed by atoms with van der Waals surface area (Å²) in [5.41, 5.74) is 1.61. The van der Waals surface area contributed by atoms with Crippen molar-refractivity contribution < 1.29 is 9.53 Å². The van der Waals surface area contributed by atoms with E-state index in [9.17, 15) is 4.79 Å². The van der Waals surface area contributed by atoms with Gasteiger partial charge in [0.15, 0.2) is 0 Å². The van der Waals surface area contributed by atoms with Crippen LogP contribution in [0.25, 0.3) is 10.9 Å². The van der Waals surface area contributed by atoms with Crippen molar-refractivity contribution in [3.8, 4) is 0 Å². The molecule has 0 radical (unpaired) electrons. The van der Waals surface area contributed by atoms with Gasteiger partial charge >= 0.3 is 0 Å². The Morgan fingerprint density at radius 3 is 2.96 bits per heavy atom. The van der Waals surface area contributed by atoms with Crippen LogP contribution in [-0.2, 0) is 4.74 Å². The Morgan fingerprint density at radius 2 is 2.15 bits per heavy atom. The molecule has 5 nitrogen and oxygen atoms in total. The zero-order valence-electron chi connectivity index (χ0n) is 15.4. The Kier molecular flexibility index (Phi) is 5.07. The summed E-state index contributed by atoms with van der Waals surface area (Å²) >= 11 is 0. The van der Waals surface area contributed by atoms with E-state index in [1.54, 1.807) is 0 Å². The van der Waals surface area contributed by atoms with E-state index in [4.69, 9.17) is 9.72 Å². The van der Waals surface area contributed by atoms with Crippen molar-refractivity contribution in [2.45, 2.75) is 51.2 Å². The van der Waals surface area contributed by atoms with E-state index in [0.717, 1.165) is 74.1 Å². The number of aromatic nitrogens is 1. The van der Waals surface area contributed by atoms with Gasteiger partial charge in [-0.2, -0.15) is 0 Å². The molecule has 2 heterocycles. The molecule has 2 aliphatic rings. The van der Waals surface area contributed by atoms with Crippen molar-refractivity contribution in [3.63, 3.8) is 0 Å². The minimum absolute atomic E-state index is 0.0168. The normalized spacial score (nSPS) is 20.3. The van der Waals surface area contributed by atoms with Gasteiger partial charge in [-0.1, -0.05) is 25.1 Å². The lowest BCUT2D eigenvalue weighted by atomic mass is 10.1. The molecule has 4 rings (SSSR count). The van der Waals surface area contributed by atoms with Gasteiger partial charge in [-0.25, -0.2) is 4.98 Å². The zero-order valence-corrected chi connectivity index (χ0v) is 15.4. The van der Waals surface area contributed by atoms with Gasteiger partial charge in [-0.15, -0.1) is 0 Å². The number of hydrogen-bond acceptors (Lipinski definition) is 4. The Labute approximate surface area is 154 Å². The number of benzene rings is 1. The van der Waals surface area contributed by atoms with Gasteiger partial charge < -0.3 is 15.0 Å². The van der Waals surface area contributed by atoms with Gasteiger partial charge in [-0.3, -0.25) is 4.79 Å². The average molecular weight is 353 g/mol. The highest BCUT2D eigenvalue weighted by Gasteiger charge is 2.26. The summed E-state index contributed by atoms with van der Waals surface area (Å²) < 4.78 is 5.96. The number of piperidine rings is 1. The van der Waals surface area contributed by atoms with Gasteiger partial charge in [0.25, 0.3) is 5.91 Å². The largest absolute Gasteiger partial charge is 0.376 e. The molecule has 1 aromatic heterocycles. The Morgan fingerprint density at radius 1 is 1.31 bits per heavy atom. The van der Waals surface area contributed by atoms with E-state index in [2.05, 4.69) is 17.1 Å². The highest BCUT2D eigenvalue weighted by molar-refractivity contribution is 6.07. The molecule has 1 aliphatic carbocycles. The number of rotatable bonds is 6. The molecule has 0 bridgehead atoms. The molecule has 1 saturated carbocycles. The predicted molar refractivity (Wildman–Crippen MR) is 104 cm³/mol. The number of nitrogens with one attached hydrogen (secondary N) is 1. The van der Waals surface area contributed by atoms with Crippen LogP contribution in [-0.4, -0.2) is 42.7 Å². The number of para-hydroxylation sites is 1. The number of amides is 1. The number of carbonyl (C=O) groups excluding carboxylic acids is 1. The monoisotopic (exact) mass is 353 g/mol. The van der Waals surface area contributed by atoms with Crippen molar-refractivity contribution in [2.24, 2.45) is 0 Å². The molecular weight excluding hydrogens is 326 g/mol. The van der Waals surface area contributed by atoms with Crippen LogP contribution >= 0.6 is 0 Å². The molecule has 2 aromatic rings. The summed E-state index contributed by atoms with van der Waals surface area (Å²) in [5, 5.41) is 4.04. The Bertz CT molecular complexity index is 788. The minimum atomic E-state index is 0.0168. The fourth-order valence-electron chi connectivity index (χ4n) is 3.57. The van der Waals surface area contributed by atoms with Crippen LogP contribution in [0.1, 0.15) is 49.4 Å². The third-order valence-corrected chi connectivity index (χ3v) is 5.12. The van der Waals surface area contributed by atoms with E-state index in [-0.39, 0.29) is 12.0 Å². The van der Waals surface area contributed by atoms with Gasteiger partial charge in [0.1, 0.15) is 5.82 Å². The first kappa shape index (κ1) is 17.3. The van der Waals surface area contributed by atoms with Gasteiger partial charge in [-0.05, 0) is 44.2 Å². The highest BCUT2D eigenvalue weighted by Crippen LogP contribution is 2.27. The number of ether oxygens (including phenoxy) is 1. The maximum atomic E-state index is 12.8. The Balaban J connectivity index is 1.63. The summed E-state index contributed by atoms with van der Waals surface area (Å²) in [5.74, 6) is 0.901. The standard InChI is InChI=1S/C21H27N3O2/c1-2-12-26-16-6-5-11-24(14-16)20-13-18(21(25)22-15-9-10-15)17-7-3-4-8-19(17)23-20/h3-4,7-8,13,15-16H,2,5-6,9-12,14H2,1H3,(H,22,25)/t16-/m1/s1. The average Bonchev–Trinajstić information content (AvgIpc) is 3.49. The van der Waals surface area contributed by atoms with Crippen LogP contribution in [0, 0.1) is 0 Å². The maximum Gasteiger partial charge on any atom is 0.252 e. The molecule has 0 spiro atoms. The Hall–Kier alpha value is -2.14. The van der Waals surface area contributed by atoms with Crippen molar-refractivity contribution in [3.05, 3.63) is 35.9 Å². The van der Waals surface area contributed by atoms with E-state index in [1.165, 1.54) is 0 Å². The third-order valence-electron chi connectivity index (χ3n) is 5.12. The first-order chi connectivity index (χ1) is 12.7. The second-order valence-corrected chi connectivity index (χ2v) is 7.37. The van der Waals surface area contributed by atoms with Crippen molar-refractivity contribution >= 4 is 22.6 Å². The first-order valence-corrected chi connectivity index (χ1v) is 9.82. The first-order valence-electron chi connectivity index (χ1n) is 9.82. The number of pyridine rings is 1. The summed E-state index contributed by atoms with van der Waals surface area (Å²) in [6.07, 6.45) is 5.65. The van der Waals surface area contributed by atoms with Crippen LogP contribution < -0.4 is 10.2 Å². The van der Waals surface area contributed by atoms with Crippen LogP contribution in [0.2, 0.25) is 0 Å². The molecule has 1 saturated heterocycles. The third kappa shape index (κ3) is 3.83. The van der Waals surface area contributed by atoms with E-state index >= 15 is 0 Å². The van der Waals surface area contributed by atoms with Gasteiger partial charge in [0.2, 0.25) is 0 Å². The smallest absolute Gasteiger partial charge is 0.252 e. The van der Waals surface area contributed by atoms with Crippen LogP contribution in [0.15, 0.2) is 30.3 Å². The number of carbonyl (C=O) groups is 1. The number of hydrogen-bond donors (Lipinski definition) is 1. The molecule has 5 heteroatoms. The van der Waals surface area contributed by atoms with E-state index < -0.39 is 0 Å². The van der Waals surface area contributed by atoms with Crippen molar-refractivity contribution in [1.29, 1.82) is 0 Å². The van der Waals surface area contributed by atoms with E-state index in [1.807, 2.05) is 30.3 Å². The molecule has 1 amide bonds. The lowest BCUT2D eigenvalue weighted by Gasteiger charge is -2.33. The zero-order chi connectivity index (χ0) is 17.9. The molecule has 138 valence electrons. The minimum Gasteiger partial charge on any atom is -0.376 e. The van der Waals surface area contributed by atoms with Crippen molar-refractivity contribution in [2.75, 3.05) is 24.6 Å². The van der Waals surface area contributed by atoms with Crippen molar-refractivity contribution in [1.82, 2.24) is 10.3 Å². The lowest BCUT2D eigenvalue weighted by molar-refractivity contribution is 0.0439. The molecule has 1 aliphatic heterocycles. The van der Waals surface area contributed by atoms with Gasteiger partial charge in [0.05, 0.1) is 17.2 Å². The quantitative estimate of drug-likeness (QED) is 0.863. The lowest BCUT2D eigenvalue weighted by Crippen LogP contribution is -2.40. The van der Waals surface area contributed by atoms with Crippen LogP contribution in [0.4, 0.5) is 5.82 Å². The predicted octanol–water partition coefficient (Wildman–Crippen LogP) is 3.52. The van der Waals surface area contributed by atoms with Gasteiger partial charge in [0, 0.05) is 31.1 Å². The molecular formula is C21H27N3O2. The maximum absolute atomic E-state index is 12.8. The topological polar surface area (TPSA) is 54.5 Å². The second-order valence-electron chi connectivity index (χ2n) is 7.37. The number of anilines is 1. The molecule has 2 fully saturated rings. The molecule has 1 N–H and O–H groups in total.